The molecule has 86 valence electrons. The molecule has 0 aromatic carbocycles. The fourth-order valence-corrected chi connectivity index (χ4v) is 2.94. The van der Waals surface area contributed by atoms with Crippen molar-refractivity contribution in [1.82, 2.24) is 10.3 Å². The van der Waals surface area contributed by atoms with Gasteiger partial charge in [0.2, 0.25) is 0 Å². The van der Waals surface area contributed by atoms with Crippen LogP contribution in [0.5, 0.6) is 0 Å². The lowest BCUT2D eigenvalue weighted by molar-refractivity contribution is 0.373. The summed E-state index contributed by atoms with van der Waals surface area (Å²) in [5, 5.41) is 4.73. The van der Waals surface area contributed by atoms with Gasteiger partial charge >= 0.3 is 0 Å². The molecule has 1 rings (SSSR count). The van der Waals surface area contributed by atoms with Gasteiger partial charge < -0.3 is 5.32 Å². The van der Waals surface area contributed by atoms with Crippen molar-refractivity contribution < 1.29 is 0 Å². The van der Waals surface area contributed by atoms with Crippen LogP contribution in [0.25, 0.3) is 0 Å². The Balaban J connectivity index is 2.72. The Morgan fingerprint density at radius 1 is 1.47 bits per heavy atom. The molecule has 0 radical (unpaired) electrons. The van der Waals surface area contributed by atoms with Gasteiger partial charge in [-0.1, -0.05) is 27.2 Å². The lowest BCUT2D eigenvalue weighted by Gasteiger charge is -2.23. The van der Waals surface area contributed by atoms with E-state index in [1.165, 1.54) is 17.7 Å². The standard InChI is InChI=1S/C12H22N2S/c1-5-7-9(3)12(13-6-2)11-8-14-10(4)15-11/h8-9,12-13H,5-7H2,1-4H3. The van der Waals surface area contributed by atoms with Crippen molar-refractivity contribution in [1.29, 1.82) is 0 Å². The van der Waals surface area contributed by atoms with Crippen molar-refractivity contribution in [3.05, 3.63) is 16.1 Å². The highest BCUT2D eigenvalue weighted by Gasteiger charge is 2.19. The zero-order chi connectivity index (χ0) is 11.3. The quantitative estimate of drug-likeness (QED) is 0.802. The van der Waals surface area contributed by atoms with Gasteiger partial charge in [-0.05, 0) is 25.8 Å². The van der Waals surface area contributed by atoms with Crippen molar-refractivity contribution in [2.45, 2.75) is 46.6 Å². The molecule has 1 aromatic heterocycles. The van der Waals surface area contributed by atoms with Crippen LogP contribution in [0.2, 0.25) is 0 Å². The van der Waals surface area contributed by atoms with Crippen LogP contribution in [0, 0.1) is 12.8 Å². The first-order chi connectivity index (χ1) is 7.19. The SMILES string of the molecule is CCCC(C)C(NCC)c1cnc(C)s1. The van der Waals surface area contributed by atoms with Crippen LogP contribution in [0.1, 0.15) is 49.5 Å². The van der Waals surface area contributed by atoms with Gasteiger partial charge in [0, 0.05) is 17.1 Å². The van der Waals surface area contributed by atoms with Gasteiger partial charge in [0.25, 0.3) is 0 Å². The summed E-state index contributed by atoms with van der Waals surface area (Å²) >= 11 is 1.82. The van der Waals surface area contributed by atoms with Gasteiger partial charge in [0.1, 0.15) is 0 Å². The van der Waals surface area contributed by atoms with Crippen LogP contribution in [-0.4, -0.2) is 11.5 Å². The fourth-order valence-electron chi connectivity index (χ4n) is 1.95. The molecule has 0 fully saturated rings. The number of aromatic nitrogens is 1. The molecule has 1 aromatic rings. The Kier molecular flexibility index (Phi) is 5.26. The fraction of sp³-hybridized carbons (Fsp3) is 0.750. The van der Waals surface area contributed by atoms with Crippen LogP contribution >= 0.6 is 11.3 Å². The summed E-state index contributed by atoms with van der Waals surface area (Å²) in [5.74, 6) is 0.690. The maximum Gasteiger partial charge on any atom is 0.0897 e. The number of hydrogen-bond donors (Lipinski definition) is 1. The van der Waals surface area contributed by atoms with Gasteiger partial charge in [-0.25, -0.2) is 4.98 Å². The van der Waals surface area contributed by atoms with Crippen molar-refractivity contribution in [3.8, 4) is 0 Å². The van der Waals surface area contributed by atoms with Gasteiger partial charge in [-0.3, -0.25) is 0 Å². The largest absolute Gasteiger partial charge is 0.309 e. The summed E-state index contributed by atoms with van der Waals surface area (Å²) in [6.45, 7) is 9.83. The van der Waals surface area contributed by atoms with Crippen LogP contribution in [0.3, 0.4) is 0 Å². The second-order valence-corrected chi connectivity index (χ2v) is 5.35. The number of aryl methyl sites for hydroxylation is 1. The minimum absolute atomic E-state index is 0.487. The highest BCUT2D eigenvalue weighted by atomic mass is 32.1. The Morgan fingerprint density at radius 3 is 2.67 bits per heavy atom. The number of rotatable bonds is 6. The molecule has 15 heavy (non-hydrogen) atoms. The van der Waals surface area contributed by atoms with Gasteiger partial charge in [-0.15, -0.1) is 11.3 Å². The Labute approximate surface area is 97.1 Å². The zero-order valence-corrected chi connectivity index (χ0v) is 11.0. The van der Waals surface area contributed by atoms with Crippen LogP contribution in [0.4, 0.5) is 0 Å². The molecule has 2 unspecified atom stereocenters. The van der Waals surface area contributed by atoms with E-state index in [2.05, 4.69) is 38.0 Å². The Bertz CT molecular complexity index is 283. The minimum Gasteiger partial charge on any atom is -0.309 e. The van der Waals surface area contributed by atoms with E-state index in [1.807, 2.05) is 17.5 Å². The van der Waals surface area contributed by atoms with E-state index in [1.54, 1.807) is 0 Å². The molecule has 1 N–H and O–H groups in total. The van der Waals surface area contributed by atoms with E-state index in [4.69, 9.17) is 0 Å². The molecule has 0 spiro atoms. The third-order valence-corrected chi connectivity index (χ3v) is 3.68. The number of nitrogens with one attached hydrogen (secondary N) is 1. The predicted molar refractivity (Wildman–Crippen MR) is 67.3 cm³/mol. The molecule has 2 nitrogen and oxygen atoms in total. The van der Waals surface area contributed by atoms with Gasteiger partial charge in [0.15, 0.2) is 0 Å². The molecule has 0 saturated carbocycles. The van der Waals surface area contributed by atoms with Crippen LogP contribution in [0.15, 0.2) is 6.20 Å². The van der Waals surface area contributed by atoms with Gasteiger partial charge in [-0.2, -0.15) is 0 Å². The molecule has 0 bridgehead atoms. The van der Waals surface area contributed by atoms with Crippen molar-refractivity contribution in [2.24, 2.45) is 5.92 Å². The first kappa shape index (κ1) is 12.7. The smallest absolute Gasteiger partial charge is 0.0897 e. The maximum absolute atomic E-state index is 4.34. The highest BCUT2D eigenvalue weighted by Crippen LogP contribution is 2.29. The van der Waals surface area contributed by atoms with Crippen molar-refractivity contribution >= 4 is 11.3 Å². The monoisotopic (exact) mass is 226 g/mol. The molecule has 2 atom stereocenters. The third kappa shape index (κ3) is 3.58. The normalized spacial score (nSPS) is 15.2. The first-order valence-corrected chi connectivity index (χ1v) is 6.66. The van der Waals surface area contributed by atoms with E-state index in [9.17, 15) is 0 Å². The van der Waals surface area contributed by atoms with E-state index in [0.717, 1.165) is 11.6 Å². The average molecular weight is 226 g/mol. The van der Waals surface area contributed by atoms with Gasteiger partial charge in [0.05, 0.1) is 5.01 Å². The summed E-state index contributed by atoms with van der Waals surface area (Å²) in [6, 6.07) is 0.487. The molecule has 3 heteroatoms. The molecular formula is C12H22N2S. The number of thiazole rings is 1. The number of nitrogens with zero attached hydrogens (tertiary/aromatic N) is 1. The van der Waals surface area contributed by atoms with Crippen molar-refractivity contribution in [2.75, 3.05) is 6.54 Å². The number of hydrogen-bond acceptors (Lipinski definition) is 3. The van der Waals surface area contributed by atoms with Crippen LogP contribution in [-0.2, 0) is 0 Å². The molecule has 0 aliphatic heterocycles. The topological polar surface area (TPSA) is 24.9 Å². The summed E-state index contributed by atoms with van der Waals surface area (Å²) < 4.78 is 0. The summed E-state index contributed by atoms with van der Waals surface area (Å²) in [5.41, 5.74) is 0. The molecule has 1 heterocycles. The minimum atomic E-state index is 0.487. The lowest BCUT2D eigenvalue weighted by atomic mass is 9.96. The highest BCUT2D eigenvalue weighted by molar-refractivity contribution is 7.11. The second kappa shape index (κ2) is 6.23. The Hall–Kier alpha value is -0.410. The maximum atomic E-state index is 4.34. The predicted octanol–water partition coefficient (Wildman–Crippen LogP) is 3.54. The average Bonchev–Trinajstić information content (AvgIpc) is 2.61. The van der Waals surface area contributed by atoms with Crippen molar-refractivity contribution in [3.63, 3.8) is 0 Å². The first-order valence-electron chi connectivity index (χ1n) is 5.84. The van der Waals surface area contributed by atoms with E-state index in [-0.39, 0.29) is 0 Å². The summed E-state index contributed by atoms with van der Waals surface area (Å²) in [4.78, 5) is 5.73. The molecule has 0 saturated heterocycles. The van der Waals surface area contributed by atoms with E-state index >= 15 is 0 Å². The van der Waals surface area contributed by atoms with Crippen LogP contribution < -0.4 is 5.32 Å². The van der Waals surface area contributed by atoms with E-state index in [0.29, 0.717) is 12.0 Å². The summed E-state index contributed by atoms with van der Waals surface area (Å²) in [7, 11) is 0. The zero-order valence-electron chi connectivity index (χ0n) is 10.2. The Morgan fingerprint density at radius 2 is 2.20 bits per heavy atom. The summed E-state index contributed by atoms with van der Waals surface area (Å²) in [6.07, 6.45) is 4.55. The molecular weight excluding hydrogens is 204 g/mol. The molecule has 0 aliphatic rings. The molecule has 0 aliphatic carbocycles. The third-order valence-electron chi connectivity index (χ3n) is 2.68. The van der Waals surface area contributed by atoms with E-state index < -0.39 is 0 Å². The lowest BCUT2D eigenvalue weighted by Crippen LogP contribution is -2.26. The molecule has 0 amide bonds. The second-order valence-electron chi connectivity index (χ2n) is 4.08.